The number of benzene rings is 1. The molecule has 1 saturated heterocycles. The van der Waals surface area contributed by atoms with E-state index in [9.17, 15) is 4.79 Å². The van der Waals surface area contributed by atoms with Crippen molar-refractivity contribution >= 4 is 17.5 Å². The maximum Gasteiger partial charge on any atom is 0.259 e. The molecule has 1 atom stereocenters. The first-order valence-corrected chi connectivity index (χ1v) is 7.45. The van der Waals surface area contributed by atoms with Crippen molar-refractivity contribution in [2.24, 2.45) is 0 Å². The Hall–Kier alpha value is -1.81. The van der Waals surface area contributed by atoms with Gasteiger partial charge in [-0.1, -0.05) is 35.0 Å². The van der Waals surface area contributed by atoms with Gasteiger partial charge in [0, 0.05) is 11.6 Å². The van der Waals surface area contributed by atoms with Crippen LogP contribution in [0, 0.1) is 13.8 Å². The second-order valence-corrected chi connectivity index (χ2v) is 5.78. The quantitative estimate of drug-likeness (QED) is 0.844. The van der Waals surface area contributed by atoms with Crippen LogP contribution in [0.5, 0.6) is 0 Å². The Morgan fingerprint density at radius 1 is 1.38 bits per heavy atom. The van der Waals surface area contributed by atoms with E-state index in [4.69, 9.17) is 16.1 Å². The number of hydrogen-bond acceptors (Lipinski definition) is 3. The largest absolute Gasteiger partial charge is 0.361 e. The first-order chi connectivity index (χ1) is 10.1. The lowest BCUT2D eigenvalue weighted by Crippen LogP contribution is -2.31. The summed E-state index contributed by atoms with van der Waals surface area (Å²) in [5, 5.41) is 4.58. The smallest absolute Gasteiger partial charge is 0.259 e. The van der Waals surface area contributed by atoms with Crippen LogP contribution in [0.1, 0.15) is 46.3 Å². The van der Waals surface area contributed by atoms with Crippen LogP contribution in [0.2, 0.25) is 5.02 Å². The highest BCUT2D eigenvalue weighted by Crippen LogP contribution is 2.37. The molecule has 5 heteroatoms. The van der Waals surface area contributed by atoms with Crippen molar-refractivity contribution in [1.29, 1.82) is 0 Å². The predicted octanol–water partition coefficient (Wildman–Crippen LogP) is 3.92. The molecule has 0 aliphatic carbocycles. The minimum atomic E-state index is -0.0198. The maximum atomic E-state index is 12.8. The van der Waals surface area contributed by atoms with Gasteiger partial charge in [0.05, 0.1) is 11.7 Å². The number of aryl methyl sites for hydroxylation is 2. The summed E-state index contributed by atoms with van der Waals surface area (Å²) in [6, 6.07) is 7.75. The van der Waals surface area contributed by atoms with Crippen LogP contribution in [0.25, 0.3) is 0 Å². The van der Waals surface area contributed by atoms with Crippen LogP contribution >= 0.6 is 11.6 Å². The Balaban J connectivity index is 1.95. The maximum absolute atomic E-state index is 12.8. The summed E-state index contributed by atoms with van der Waals surface area (Å²) in [6.45, 7) is 4.30. The van der Waals surface area contributed by atoms with E-state index >= 15 is 0 Å². The van der Waals surface area contributed by atoms with Crippen molar-refractivity contribution in [1.82, 2.24) is 10.1 Å². The van der Waals surface area contributed by atoms with Crippen molar-refractivity contribution < 1.29 is 9.32 Å². The Morgan fingerprint density at radius 2 is 2.14 bits per heavy atom. The summed E-state index contributed by atoms with van der Waals surface area (Å²) in [5.74, 6) is 0.552. The number of halogens is 1. The van der Waals surface area contributed by atoms with Gasteiger partial charge in [-0.05, 0) is 38.3 Å². The Kier molecular flexibility index (Phi) is 3.72. The lowest BCUT2D eigenvalue weighted by Gasteiger charge is -2.25. The average molecular weight is 305 g/mol. The van der Waals surface area contributed by atoms with E-state index in [0.717, 1.165) is 24.9 Å². The van der Waals surface area contributed by atoms with E-state index in [0.29, 0.717) is 22.0 Å². The molecular formula is C16H17ClN2O2. The second-order valence-electron chi connectivity index (χ2n) is 5.38. The fourth-order valence-corrected chi connectivity index (χ4v) is 3.27. The van der Waals surface area contributed by atoms with Crippen molar-refractivity contribution in [3.63, 3.8) is 0 Å². The molecule has 0 radical (unpaired) electrons. The van der Waals surface area contributed by atoms with Gasteiger partial charge in [0.1, 0.15) is 11.3 Å². The second kappa shape index (κ2) is 5.53. The zero-order valence-corrected chi connectivity index (χ0v) is 12.9. The average Bonchev–Trinajstić information content (AvgIpc) is 3.06. The normalized spacial score (nSPS) is 18.2. The molecule has 1 aliphatic rings. The van der Waals surface area contributed by atoms with Gasteiger partial charge in [-0.15, -0.1) is 0 Å². The van der Waals surface area contributed by atoms with Crippen molar-refractivity contribution in [3.05, 3.63) is 51.9 Å². The number of aromatic nitrogens is 1. The zero-order valence-electron chi connectivity index (χ0n) is 12.1. The first-order valence-electron chi connectivity index (χ1n) is 7.08. The van der Waals surface area contributed by atoms with Crippen LogP contribution in [0.3, 0.4) is 0 Å². The highest BCUT2D eigenvalue weighted by atomic mass is 35.5. The third-order valence-corrected chi connectivity index (χ3v) is 4.37. The van der Waals surface area contributed by atoms with Crippen LogP contribution in [-0.4, -0.2) is 22.5 Å². The number of carbonyl (C=O) groups is 1. The highest BCUT2D eigenvalue weighted by Gasteiger charge is 2.34. The number of amides is 1. The van der Waals surface area contributed by atoms with E-state index in [-0.39, 0.29) is 11.9 Å². The van der Waals surface area contributed by atoms with Gasteiger partial charge in [-0.3, -0.25) is 4.79 Å². The SMILES string of the molecule is Cc1noc(C)c1C(=O)N1CCCC1c1ccccc1Cl. The van der Waals surface area contributed by atoms with Crippen LogP contribution in [-0.2, 0) is 0 Å². The number of nitrogens with zero attached hydrogens (tertiary/aromatic N) is 2. The third-order valence-electron chi connectivity index (χ3n) is 4.03. The molecule has 4 nitrogen and oxygen atoms in total. The van der Waals surface area contributed by atoms with Crippen LogP contribution < -0.4 is 0 Å². The minimum Gasteiger partial charge on any atom is -0.361 e. The lowest BCUT2D eigenvalue weighted by atomic mass is 10.0. The minimum absolute atomic E-state index is 0.0198. The molecular weight excluding hydrogens is 288 g/mol. The van der Waals surface area contributed by atoms with Gasteiger partial charge < -0.3 is 9.42 Å². The molecule has 1 aromatic carbocycles. The zero-order chi connectivity index (χ0) is 15.0. The van der Waals surface area contributed by atoms with Crippen LogP contribution in [0.4, 0.5) is 0 Å². The van der Waals surface area contributed by atoms with E-state index in [1.54, 1.807) is 13.8 Å². The van der Waals surface area contributed by atoms with Crippen molar-refractivity contribution in [3.8, 4) is 0 Å². The first kappa shape index (κ1) is 14.1. The van der Waals surface area contributed by atoms with E-state index in [2.05, 4.69) is 5.16 Å². The van der Waals surface area contributed by atoms with Gasteiger partial charge in [0.2, 0.25) is 0 Å². The molecule has 2 heterocycles. The van der Waals surface area contributed by atoms with Crippen molar-refractivity contribution in [2.45, 2.75) is 32.7 Å². The number of carbonyl (C=O) groups excluding carboxylic acids is 1. The monoisotopic (exact) mass is 304 g/mol. The molecule has 1 aliphatic heterocycles. The van der Waals surface area contributed by atoms with Gasteiger partial charge in [-0.25, -0.2) is 0 Å². The van der Waals surface area contributed by atoms with Gasteiger partial charge in [-0.2, -0.15) is 0 Å². The van der Waals surface area contributed by atoms with E-state index < -0.39 is 0 Å². The summed E-state index contributed by atoms with van der Waals surface area (Å²) in [7, 11) is 0. The molecule has 0 N–H and O–H groups in total. The standard InChI is InChI=1S/C16H17ClN2O2/c1-10-15(11(2)21-18-10)16(20)19-9-5-8-14(19)12-6-3-4-7-13(12)17/h3-4,6-7,14H,5,8-9H2,1-2H3. The fourth-order valence-electron chi connectivity index (χ4n) is 3.01. The Morgan fingerprint density at radius 3 is 2.81 bits per heavy atom. The molecule has 0 spiro atoms. The molecule has 1 fully saturated rings. The topological polar surface area (TPSA) is 46.3 Å². The molecule has 21 heavy (non-hydrogen) atoms. The van der Waals surface area contributed by atoms with Gasteiger partial charge in [0.25, 0.3) is 5.91 Å². The number of hydrogen-bond donors (Lipinski definition) is 0. The van der Waals surface area contributed by atoms with Crippen molar-refractivity contribution in [2.75, 3.05) is 6.54 Å². The summed E-state index contributed by atoms with van der Waals surface area (Å²) in [6.07, 6.45) is 1.91. The molecule has 1 amide bonds. The lowest BCUT2D eigenvalue weighted by molar-refractivity contribution is 0.0733. The summed E-state index contributed by atoms with van der Waals surface area (Å²) in [5.41, 5.74) is 2.23. The molecule has 2 aromatic rings. The van der Waals surface area contributed by atoms with Gasteiger partial charge >= 0.3 is 0 Å². The van der Waals surface area contributed by atoms with Crippen LogP contribution in [0.15, 0.2) is 28.8 Å². The van der Waals surface area contributed by atoms with Gasteiger partial charge in [0.15, 0.2) is 0 Å². The molecule has 1 aromatic heterocycles. The van der Waals surface area contributed by atoms with E-state index in [1.807, 2.05) is 29.2 Å². The molecule has 1 unspecified atom stereocenters. The summed E-state index contributed by atoms with van der Waals surface area (Å²) < 4.78 is 5.12. The predicted molar refractivity (Wildman–Crippen MR) is 80.4 cm³/mol. The Bertz CT molecular complexity index is 661. The Labute approximate surface area is 128 Å². The fraction of sp³-hybridized carbons (Fsp3) is 0.375. The molecule has 3 rings (SSSR count). The molecule has 110 valence electrons. The highest BCUT2D eigenvalue weighted by molar-refractivity contribution is 6.31. The van der Waals surface area contributed by atoms with E-state index in [1.165, 1.54) is 0 Å². The third kappa shape index (κ3) is 2.44. The number of likely N-dealkylation sites (tertiary alicyclic amines) is 1. The molecule has 0 bridgehead atoms. The summed E-state index contributed by atoms with van der Waals surface area (Å²) in [4.78, 5) is 14.7. The summed E-state index contributed by atoms with van der Waals surface area (Å²) >= 11 is 6.29. The molecule has 0 saturated carbocycles. The number of rotatable bonds is 2.